The minimum absolute atomic E-state index is 0.0649. The molecule has 0 radical (unpaired) electrons. The second-order valence-electron chi connectivity index (χ2n) is 9.20. The summed E-state index contributed by atoms with van der Waals surface area (Å²) in [5, 5.41) is 0. The lowest BCUT2D eigenvalue weighted by Crippen LogP contribution is -2.27. The average molecular weight is 387 g/mol. The quantitative estimate of drug-likeness (QED) is 0.263. The smallest absolute Gasteiger partial charge is 0.324 e. The molecule has 0 bridgehead atoms. The van der Waals surface area contributed by atoms with E-state index in [0.29, 0.717) is 6.42 Å². The van der Waals surface area contributed by atoms with Crippen LogP contribution >= 0.6 is 7.60 Å². The first kappa shape index (κ1) is 22.4. The monoisotopic (exact) mass is 386 g/mol. The molecule has 26 heavy (non-hydrogen) atoms. The van der Waals surface area contributed by atoms with Crippen LogP contribution in [0, 0.1) is 17.8 Å². The number of hydrogen-bond donors (Lipinski definition) is 2. The van der Waals surface area contributed by atoms with Gasteiger partial charge in [-0.15, -0.1) is 0 Å². The van der Waals surface area contributed by atoms with Crippen molar-refractivity contribution in [1.29, 1.82) is 0 Å². The minimum Gasteiger partial charge on any atom is -0.324 e. The maximum absolute atomic E-state index is 10.7. The van der Waals surface area contributed by atoms with Gasteiger partial charge < -0.3 is 9.79 Å². The van der Waals surface area contributed by atoms with Crippen LogP contribution in [0.15, 0.2) is 0 Å². The van der Waals surface area contributed by atoms with E-state index in [0.717, 1.165) is 30.6 Å². The van der Waals surface area contributed by atoms with Gasteiger partial charge in [-0.3, -0.25) is 4.57 Å². The summed E-state index contributed by atoms with van der Waals surface area (Å²) in [6.45, 7) is 0. The van der Waals surface area contributed by atoms with Gasteiger partial charge in [-0.25, -0.2) is 0 Å². The molecule has 0 amide bonds. The summed E-state index contributed by atoms with van der Waals surface area (Å²) in [6.07, 6.45) is 24.5. The van der Waals surface area contributed by atoms with Gasteiger partial charge in [0.15, 0.2) is 0 Å². The summed E-state index contributed by atoms with van der Waals surface area (Å²) in [7, 11) is -3.76. The summed E-state index contributed by atoms with van der Waals surface area (Å²) in [5.41, 5.74) is 0. The van der Waals surface area contributed by atoms with E-state index < -0.39 is 7.60 Å². The molecular formula is C22H43O3P. The molecule has 0 saturated heterocycles. The third-order valence-electron chi connectivity index (χ3n) is 6.96. The van der Waals surface area contributed by atoms with Crippen molar-refractivity contribution >= 4 is 7.60 Å². The van der Waals surface area contributed by atoms with Gasteiger partial charge in [-0.05, 0) is 37.0 Å². The van der Waals surface area contributed by atoms with Gasteiger partial charge in [-0.1, -0.05) is 96.3 Å². The Bertz CT molecular complexity index is 406. The lowest BCUT2D eigenvalue weighted by atomic mass is 9.67. The first-order valence-electron chi connectivity index (χ1n) is 11.6. The molecule has 2 saturated carbocycles. The van der Waals surface area contributed by atoms with E-state index in [1.807, 2.05) is 0 Å². The van der Waals surface area contributed by atoms with E-state index in [1.165, 1.54) is 89.9 Å². The Hall–Kier alpha value is 0.150. The van der Waals surface area contributed by atoms with Crippen molar-refractivity contribution in [3.05, 3.63) is 0 Å². The third kappa shape index (κ3) is 9.90. The van der Waals surface area contributed by atoms with Gasteiger partial charge in [-0.2, -0.15) is 0 Å². The Labute approximate surface area is 161 Å². The molecule has 3 nitrogen and oxygen atoms in total. The van der Waals surface area contributed by atoms with Crippen molar-refractivity contribution < 1.29 is 14.4 Å². The molecule has 3 atom stereocenters. The van der Waals surface area contributed by atoms with Crippen LogP contribution < -0.4 is 0 Å². The van der Waals surface area contributed by atoms with Gasteiger partial charge in [0.2, 0.25) is 0 Å². The van der Waals surface area contributed by atoms with Crippen molar-refractivity contribution in [3.63, 3.8) is 0 Å². The lowest BCUT2D eigenvalue weighted by molar-refractivity contribution is 0.124. The molecule has 2 aliphatic rings. The summed E-state index contributed by atoms with van der Waals surface area (Å²) in [5.74, 6) is 3.23. The van der Waals surface area contributed by atoms with E-state index >= 15 is 0 Å². The molecule has 0 aromatic carbocycles. The van der Waals surface area contributed by atoms with Crippen molar-refractivity contribution in [3.8, 4) is 0 Å². The predicted octanol–water partition coefficient (Wildman–Crippen LogP) is 7.06. The van der Waals surface area contributed by atoms with E-state index in [4.69, 9.17) is 9.79 Å². The van der Waals surface area contributed by atoms with Crippen LogP contribution in [0.3, 0.4) is 0 Å². The van der Waals surface area contributed by atoms with Gasteiger partial charge >= 0.3 is 7.60 Å². The fourth-order valence-electron chi connectivity index (χ4n) is 5.40. The molecule has 154 valence electrons. The summed E-state index contributed by atoms with van der Waals surface area (Å²) < 4.78 is 10.7. The molecule has 2 rings (SSSR count). The van der Waals surface area contributed by atoms with Gasteiger partial charge in [0.1, 0.15) is 0 Å². The maximum atomic E-state index is 10.7. The lowest BCUT2D eigenvalue weighted by Gasteiger charge is -2.39. The molecule has 0 spiro atoms. The molecule has 0 aromatic rings. The molecule has 2 aliphatic carbocycles. The number of unbranched alkanes of at least 4 members (excludes halogenated alkanes) is 9. The van der Waals surface area contributed by atoms with E-state index in [2.05, 4.69) is 0 Å². The largest absolute Gasteiger partial charge is 0.325 e. The molecule has 2 N–H and O–H groups in total. The number of rotatable bonds is 13. The first-order chi connectivity index (χ1) is 12.5. The average Bonchev–Trinajstić information content (AvgIpc) is 2.61. The van der Waals surface area contributed by atoms with Gasteiger partial charge in [0.25, 0.3) is 0 Å². The summed E-state index contributed by atoms with van der Waals surface area (Å²) in [4.78, 5) is 17.6. The van der Waals surface area contributed by atoms with Crippen LogP contribution in [0.1, 0.15) is 116 Å². The van der Waals surface area contributed by atoms with Crippen molar-refractivity contribution in [2.45, 2.75) is 116 Å². The standard InChI is InChI=1S/C22H43O3P/c23-26(24,25)18-12-8-6-4-2-1-3-5-7-9-13-20-16-17-21-14-10-11-15-22(21)19-20/h20-22H,1-19H2,(H2,23,24,25). The first-order valence-corrected chi connectivity index (χ1v) is 13.4. The second-order valence-corrected chi connectivity index (χ2v) is 11.0. The van der Waals surface area contributed by atoms with Crippen LogP contribution in [-0.4, -0.2) is 15.9 Å². The van der Waals surface area contributed by atoms with Gasteiger partial charge in [0, 0.05) is 6.16 Å². The fraction of sp³-hybridized carbons (Fsp3) is 1.00. The van der Waals surface area contributed by atoms with E-state index in [1.54, 1.807) is 6.42 Å². The second kappa shape index (κ2) is 12.6. The molecule has 4 heteroatoms. The number of fused-ring (bicyclic) bond motifs is 1. The Morgan fingerprint density at radius 1 is 0.654 bits per heavy atom. The van der Waals surface area contributed by atoms with E-state index in [9.17, 15) is 4.57 Å². The highest BCUT2D eigenvalue weighted by molar-refractivity contribution is 7.51. The van der Waals surface area contributed by atoms with Gasteiger partial charge in [0.05, 0.1) is 0 Å². The Morgan fingerprint density at radius 3 is 1.81 bits per heavy atom. The van der Waals surface area contributed by atoms with Crippen molar-refractivity contribution in [1.82, 2.24) is 0 Å². The zero-order valence-corrected chi connectivity index (χ0v) is 17.8. The number of hydrogen-bond acceptors (Lipinski definition) is 1. The van der Waals surface area contributed by atoms with E-state index in [-0.39, 0.29) is 6.16 Å². The predicted molar refractivity (Wildman–Crippen MR) is 110 cm³/mol. The molecule has 3 unspecified atom stereocenters. The molecular weight excluding hydrogens is 343 g/mol. The SMILES string of the molecule is O=P(O)(O)CCCCCCCCCCCCC1CCC2CCCCC2C1. The highest BCUT2D eigenvalue weighted by Gasteiger charge is 2.31. The molecule has 0 aliphatic heterocycles. The summed E-state index contributed by atoms with van der Waals surface area (Å²) >= 11 is 0. The zero-order chi connectivity index (χ0) is 18.7. The maximum Gasteiger partial charge on any atom is 0.325 e. The molecule has 0 heterocycles. The minimum atomic E-state index is -3.76. The van der Waals surface area contributed by atoms with Crippen LogP contribution in [0.25, 0.3) is 0 Å². The fourth-order valence-corrected chi connectivity index (χ4v) is 6.03. The zero-order valence-electron chi connectivity index (χ0n) is 16.9. The Kier molecular flexibility index (Phi) is 10.9. The highest BCUT2D eigenvalue weighted by Crippen LogP contribution is 2.44. The Balaban J connectivity index is 1.34. The van der Waals surface area contributed by atoms with Crippen LogP contribution in [0.5, 0.6) is 0 Å². The molecule has 2 fully saturated rings. The Morgan fingerprint density at radius 2 is 1.19 bits per heavy atom. The van der Waals surface area contributed by atoms with Crippen molar-refractivity contribution in [2.75, 3.05) is 6.16 Å². The molecule has 0 aromatic heterocycles. The van der Waals surface area contributed by atoms with Crippen LogP contribution in [0.2, 0.25) is 0 Å². The van der Waals surface area contributed by atoms with Crippen LogP contribution in [-0.2, 0) is 4.57 Å². The highest BCUT2D eigenvalue weighted by atomic mass is 31.2. The topological polar surface area (TPSA) is 57.5 Å². The van der Waals surface area contributed by atoms with Crippen LogP contribution in [0.4, 0.5) is 0 Å². The van der Waals surface area contributed by atoms with Crippen molar-refractivity contribution in [2.24, 2.45) is 17.8 Å². The summed E-state index contributed by atoms with van der Waals surface area (Å²) in [6, 6.07) is 0. The third-order valence-corrected chi connectivity index (χ3v) is 7.86. The normalized spacial score (nSPS) is 26.6.